The van der Waals surface area contributed by atoms with Crippen molar-refractivity contribution < 1.29 is 13.2 Å². The van der Waals surface area contributed by atoms with Crippen LogP contribution in [0.1, 0.15) is 61.3 Å². The van der Waals surface area contributed by atoms with Gasteiger partial charge in [0.1, 0.15) is 0 Å². The minimum absolute atomic E-state index is 0.0970. The Morgan fingerprint density at radius 3 is 2.43 bits per heavy atom. The van der Waals surface area contributed by atoms with Crippen LogP contribution in [0.2, 0.25) is 0 Å². The third kappa shape index (κ3) is 4.08. The van der Waals surface area contributed by atoms with Crippen molar-refractivity contribution in [3.8, 4) is 0 Å². The fraction of sp³-hybridized carbons (Fsp3) is 0.381. The second kappa shape index (κ2) is 8.16. The zero-order valence-corrected chi connectivity index (χ0v) is 18.8. The van der Waals surface area contributed by atoms with Gasteiger partial charge in [-0.1, -0.05) is 19.9 Å². The largest absolute Gasteiger partial charge is 0.322 e. The first-order chi connectivity index (χ1) is 14.0. The van der Waals surface area contributed by atoms with Crippen LogP contribution in [0.3, 0.4) is 0 Å². The molecule has 1 aromatic carbocycles. The van der Waals surface area contributed by atoms with Gasteiger partial charge in [0.2, 0.25) is 10.0 Å². The lowest BCUT2D eigenvalue weighted by Gasteiger charge is -2.13. The van der Waals surface area contributed by atoms with Crippen LogP contribution < -0.4 is 10.0 Å². The molecule has 0 atom stereocenters. The van der Waals surface area contributed by atoms with Crippen LogP contribution in [0.15, 0.2) is 35.4 Å². The Morgan fingerprint density at radius 2 is 1.83 bits per heavy atom. The number of hydrogen-bond donors (Lipinski definition) is 2. The molecule has 0 aliphatic rings. The van der Waals surface area contributed by atoms with Gasteiger partial charge in [0.25, 0.3) is 5.91 Å². The van der Waals surface area contributed by atoms with Crippen molar-refractivity contribution in [2.45, 2.75) is 51.5 Å². The summed E-state index contributed by atoms with van der Waals surface area (Å²) in [5.41, 5.74) is 2.89. The zero-order valence-electron chi connectivity index (χ0n) is 18.0. The average molecular weight is 430 g/mol. The molecule has 0 saturated heterocycles. The number of fused-ring (bicyclic) bond motifs is 1. The number of aryl methyl sites for hydroxylation is 1. The summed E-state index contributed by atoms with van der Waals surface area (Å²) in [7, 11) is -2.28. The number of amides is 1. The number of rotatable bonds is 6. The van der Waals surface area contributed by atoms with Crippen LogP contribution in [0.4, 0.5) is 5.69 Å². The van der Waals surface area contributed by atoms with E-state index in [0.717, 1.165) is 5.69 Å². The van der Waals surface area contributed by atoms with Gasteiger partial charge >= 0.3 is 0 Å². The maximum atomic E-state index is 13.2. The number of anilines is 1. The molecule has 3 aromatic rings. The predicted octanol–water partition coefficient (Wildman–Crippen LogP) is 3.60. The number of hydrogen-bond acceptors (Lipinski definition) is 5. The molecule has 2 heterocycles. The highest BCUT2D eigenvalue weighted by Gasteiger charge is 2.20. The molecule has 0 saturated carbocycles. The molecule has 8 nitrogen and oxygen atoms in total. The molecule has 1 amide bonds. The van der Waals surface area contributed by atoms with Crippen LogP contribution in [0.25, 0.3) is 11.0 Å². The molecule has 0 spiro atoms. The van der Waals surface area contributed by atoms with Crippen LogP contribution in [-0.4, -0.2) is 36.1 Å². The third-order valence-electron chi connectivity index (χ3n) is 4.92. The molecule has 0 fully saturated rings. The maximum Gasteiger partial charge on any atom is 0.256 e. The Labute approximate surface area is 176 Å². The molecular weight excluding hydrogens is 402 g/mol. The van der Waals surface area contributed by atoms with Crippen LogP contribution in [0.5, 0.6) is 0 Å². The van der Waals surface area contributed by atoms with Crippen LogP contribution in [0, 0.1) is 6.92 Å². The standard InChI is InChI=1S/C21H27N5O3S/c1-12(2)18-10-16(17-11-23-26(13(3)4)20(17)25-18)21(27)24-15-8-7-14(5)19(9-15)30(28,29)22-6/h7-13,22H,1-6H3,(H,24,27). The van der Waals surface area contributed by atoms with Gasteiger partial charge < -0.3 is 5.32 Å². The van der Waals surface area contributed by atoms with E-state index >= 15 is 0 Å². The molecule has 2 N–H and O–H groups in total. The van der Waals surface area contributed by atoms with Crippen molar-refractivity contribution in [3.63, 3.8) is 0 Å². The molecule has 9 heteroatoms. The summed E-state index contributed by atoms with van der Waals surface area (Å²) in [6, 6.07) is 6.67. The normalized spacial score (nSPS) is 12.1. The molecule has 30 heavy (non-hydrogen) atoms. The highest BCUT2D eigenvalue weighted by molar-refractivity contribution is 7.89. The SMILES string of the molecule is CNS(=O)(=O)c1cc(NC(=O)c2cc(C(C)C)nc3c2cnn3C(C)C)ccc1C. The zero-order chi connectivity index (χ0) is 22.2. The lowest BCUT2D eigenvalue weighted by atomic mass is 10.0. The molecule has 0 radical (unpaired) electrons. The van der Waals surface area contributed by atoms with Gasteiger partial charge in [0.15, 0.2) is 5.65 Å². The first-order valence-corrected chi connectivity index (χ1v) is 11.3. The van der Waals surface area contributed by atoms with E-state index in [0.29, 0.717) is 27.8 Å². The first kappa shape index (κ1) is 21.9. The van der Waals surface area contributed by atoms with Gasteiger partial charge in [0, 0.05) is 17.4 Å². The third-order valence-corrected chi connectivity index (χ3v) is 6.47. The Bertz CT molecular complexity index is 1210. The summed E-state index contributed by atoms with van der Waals surface area (Å²) in [5.74, 6) is -0.215. The number of nitrogens with one attached hydrogen (secondary N) is 2. The lowest BCUT2D eigenvalue weighted by molar-refractivity contribution is 0.102. The van der Waals surface area contributed by atoms with Crippen molar-refractivity contribution in [2.24, 2.45) is 0 Å². The van der Waals surface area contributed by atoms with Gasteiger partial charge in [-0.2, -0.15) is 5.10 Å². The molecular formula is C21H27N5O3S. The molecule has 0 unspecified atom stereocenters. The van der Waals surface area contributed by atoms with Gasteiger partial charge in [0.05, 0.1) is 22.0 Å². The van der Waals surface area contributed by atoms with Gasteiger partial charge in [-0.25, -0.2) is 22.8 Å². The van der Waals surface area contributed by atoms with E-state index in [4.69, 9.17) is 4.98 Å². The number of pyridine rings is 1. The van der Waals surface area contributed by atoms with Gasteiger partial charge in [-0.05, 0) is 57.5 Å². The fourth-order valence-corrected chi connectivity index (χ4v) is 4.17. The first-order valence-electron chi connectivity index (χ1n) is 9.79. The highest BCUT2D eigenvalue weighted by Crippen LogP contribution is 2.26. The average Bonchev–Trinajstić information content (AvgIpc) is 3.12. The second-order valence-corrected chi connectivity index (χ2v) is 9.67. The Balaban J connectivity index is 2.07. The Kier molecular flexibility index (Phi) is 5.96. The molecule has 2 aromatic heterocycles. The minimum atomic E-state index is -3.64. The van der Waals surface area contributed by atoms with Gasteiger partial charge in [-0.3, -0.25) is 4.79 Å². The predicted molar refractivity (Wildman–Crippen MR) is 117 cm³/mol. The fourth-order valence-electron chi connectivity index (χ4n) is 3.17. The number of benzene rings is 1. The van der Waals surface area contributed by atoms with E-state index in [2.05, 4.69) is 15.1 Å². The van der Waals surface area contributed by atoms with Gasteiger partial charge in [-0.15, -0.1) is 0 Å². The van der Waals surface area contributed by atoms with Crippen LogP contribution >= 0.6 is 0 Å². The molecule has 0 bridgehead atoms. The lowest BCUT2D eigenvalue weighted by Crippen LogP contribution is -2.20. The number of aromatic nitrogens is 3. The summed E-state index contributed by atoms with van der Waals surface area (Å²) in [4.78, 5) is 18.0. The summed E-state index contributed by atoms with van der Waals surface area (Å²) in [6.07, 6.45) is 1.65. The number of sulfonamides is 1. The number of carbonyl (C=O) groups is 1. The summed E-state index contributed by atoms with van der Waals surface area (Å²) >= 11 is 0. The van der Waals surface area contributed by atoms with E-state index < -0.39 is 10.0 Å². The second-order valence-electron chi connectivity index (χ2n) is 7.81. The smallest absolute Gasteiger partial charge is 0.256 e. The topological polar surface area (TPSA) is 106 Å². The van der Waals surface area contributed by atoms with Crippen molar-refractivity contribution in [1.82, 2.24) is 19.5 Å². The van der Waals surface area contributed by atoms with Crippen molar-refractivity contribution in [3.05, 3.63) is 47.3 Å². The van der Waals surface area contributed by atoms with E-state index in [1.807, 2.05) is 27.7 Å². The van der Waals surface area contributed by atoms with Crippen molar-refractivity contribution >= 4 is 32.7 Å². The van der Waals surface area contributed by atoms with Crippen LogP contribution in [-0.2, 0) is 10.0 Å². The Morgan fingerprint density at radius 1 is 1.13 bits per heavy atom. The quantitative estimate of drug-likeness (QED) is 0.623. The number of carbonyl (C=O) groups excluding carboxylic acids is 1. The summed E-state index contributed by atoms with van der Waals surface area (Å²) in [6.45, 7) is 9.75. The van der Waals surface area contributed by atoms with E-state index in [1.54, 1.807) is 36.0 Å². The summed E-state index contributed by atoms with van der Waals surface area (Å²) < 4.78 is 28.6. The van der Waals surface area contributed by atoms with Crippen molar-refractivity contribution in [2.75, 3.05) is 12.4 Å². The minimum Gasteiger partial charge on any atom is -0.322 e. The number of nitrogens with zero attached hydrogens (tertiary/aromatic N) is 3. The van der Waals surface area contributed by atoms with Crippen molar-refractivity contribution in [1.29, 1.82) is 0 Å². The van der Waals surface area contributed by atoms with E-state index in [1.165, 1.54) is 13.1 Å². The molecule has 3 rings (SSSR count). The molecule has 0 aliphatic heterocycles. The van der Waals surface area contributed by atoms with E-state index in [9.17, 15) is 13.2 Å². The molecule has 0 aliphatic carbocycles. The highest BCUT2D eigenvalue weighted by atomic mass is 32.2. The monoisotopic (exact) mass is 429 g/mol. The maximum absolute atomic E-state index is 13.2. The summed E-state index contributed by atoms with van der Waals surface area (Å²) in [5, 5.41) is 7.88. The van der Waals surface area contributed by atoms with E-state index in [-0.39, 0.29) is 22.8 Å². The molecule has 160 valence electrons. The Hall–Kier alpha value is -2.78.